The number of hydrogen-bond donors (Lipinski definition) is 0. The van der Waals surface area contributed by atoms with Gasteiger partial charge in [0.05, 0.1) is 11.9 Å². The van der Waals surface area contributed by atoms with Crippen LogP contribution in [0.2, 0.25) is 0 Å². The van der Waals surface area contributed by atoms with Crippen molar-refractivity contribution < 1.29 is 9.53 Å². The summed E-state index contributed by atoms with van der Waals surface area (Å²) in [5.74, 6) is 0. The van der Waals surface area contributed by atoms with Crippen molar-refractivity contribution in [2.75, 3.05) is 18.0 Å². The number of pyridine rings is 1. The average molecular weight is 366 g/mol. The zero-order chi connectivity index (χ0) is 15.9. The highest BCUT2D eigenvalue weighted by Crippen LogP contribution is 2.30. The van der Waals surface area contributed by atoms with Crippen LogP contribution >= 0.6 is 15.9 Å². The molecule has 2 aromatic rings. The van der Waals surface area contributed by atoms with Gasteiger partial charge in [-0.25, -0.2) is 14.3 Å². The molecule has 118 valence electrons. The minimum absolute atomic E-state index is 0.412. The predicted octanol–water partition coefficient (Wildman–Crippen LogP) is 4.18. The van der Waals surface area contributed by atoms with E-state index in [9.17, 15) is 4.79 Å². The predicted molar refractivity (Wildman–Crippen MR) is 90.5 cm³/mol. The monoisotopic (exact) mass is 365 g/mol. The Bertz CT molecular complexity index is 712. The van der Waals surface area contributed by atoms with Gasteiger partial charge in [0.1, 0.15) is 5.60 Å². The number of halogens is 1. The van der Waals surface area contributed by atoms with Crippen LogP contribution in [0, 0.1) is 0 Å². The molecule has 1 aliphatic heterocycles. The summed E-state index contributed by atoms with van der Waals surface area (Å²) < 4.78 is 7.73. The fourth-order valence-electron chi connectivity index (χ4n) is 2.66. The van der Waals surface area contributed by atoms with Crippen LogP contribution in [0.3, 0.4) is 0 Å². The molecule has 0 amide bonds. The maximum atomic E-state index is 12.3. The van der Waals surface area contributed by atoms with Gasteiger partial charge in [0.15, 0.2) is 5.65 Å². The second-order valence-corrected chi connectivity index (χ2v) is 7.44. The van der Waals surface area contributed by atoms with Crippen molar-refractivity contribution in [3.05, 3.63) is 22.9 Å². The Morgan fingerprint density at radius 2 is 2.00 bits per heavy atom. The molecule has 6 heteroatoms. The van der Waals surface area contributed by atoms with Crippen molar-refractivity contribution >= 4 is 38.7 Å². The Morgan fingerprint density at radius 1 is 1.32 bits per heavy atom. The molecule has 5 nitrogen and oxygen atoms in total. The van der Waals surface area contributed by atoms with Gasteiger partial charge < -0.3 is 9.64 Å². The molecule has 22 heavy (non-hydrogen) atoms. The number of ether oxygens (including phenoxy) is 1. The average Bonchev–Trinajstić information content (AvgIpc) is 3.05. The summed E-state index contributed by atoms with van der Waals surface area (Å²) in [4.78, 5) is 19.1. The molecule has 0 N–H and O–H groups in total. The molecule has 1 aliphatic rings. The first-order chi connectivity index (χ1) is 10.3. The maximum Gasteiger partial charge on any atom is 0.420 e. The van der Waals surface area contributed by atoms with Gasteiger partial charge in [-0.15, -0.1) is 0 Å². The van der Waals surface area contributed by atoms with E-state index in [2.05, 4.69) is 31.9 Å². The van der Waals surface area contributed by atoms with Gasteiger partial charge in [-0.1, -0.05) is 0 Å². The molecule has 0 radical (unpaired) electrons. The highest BCUT2D eigenvalue weighted by Gasteiger charge is 2.22. The molecule has 1 saturated heterocycles. The normalized spacial score (nSPS) is 15.5. The summed E-state index contributed by atoms with van der Waals surface area (Å²) >= 11 is 3.52. The van der Waals surface area contributed by atoms with Crippen molar-refractivity contribution in [2.24, 2.45) is 0 Å². The SMILES string of the molecule is CC(C)(C)OC(=O)n1cc(Br)c2cc(N3CCCC3)cnc21. The topological polar surface area (TPSA) is 47.4 Å². The Labute approximate surface area is 138 Å². The van der Waals surface area contributed by atoms with Crippen molar-refractivity contribution in [3.8, 4) is 0 Å². The fourth-order valence-corrected chi connectivity index (χ4v) is 3.15. The molecule has 0 aliphatic carbocycles. The third kappa shape index (κ3) is 2.97. The first-order valence-corrected chi connectivity index (χ1v) is 8.29. The lowest BCUT2D eigenvalue weighted by molar-refractivity contribution is 0.0543. The molecule has 1 fully saturated rings. The lowest BCUT2D eigenvalue weighted by Gasteiger charge is -2.20. The third-order valence-corrected chi connectivity index (χ3v) is 4.27. The lowest BCUT2D eigenvalue weighted by atomic mass is 10.2. The molecule has 0 atom stereocenters. The summed E-state index contributed by atoms with van der Waals surface area (Å²) in [6.45, 7) is 7.69. The standard InChI is InChI=1S/C16H20BrN3O2/c1-16(2,3)22-15(21)20-10-13(17)12-8-11(9-18-14(12)20)19-6-4-5-7-19/h8-10H,4-7H2,1-3H3. The number of aromatic nitrogens is 2. The number of carbonyl (C=O) groups excluding carboxylic acids is 1. The van der Waals surface area contributed by atoms with Crippen molar-refractivity contribution in [1.82, 2.24) is 9.55 Å². The third-order valence-electron chi connectivity index (χ3n) is 3.64. The van der Waals surface area contributed by atoms with Crippen LogP contribution in [0.5, 0.6) is 0 Å². The van der Waals surface area contributed by atoms with Crippen LogP contribution in [0.1, 0.15) is 33.6 Å². The number of fused-ring (bicyclic) bond motifs is 1. The van der Waals surface area contributed by atoms with Crippen molar-refractivity contribution in [2.45, 2.75) is 39.2 Å². The number of rotatable bonds is 1. The maximum absolute atomic E-state index is 12.3. The smallest absolute Gasteiger partial charge is 0.420 e. The Morgan fingerprint density at radius 3 is 2.64 bits per heavy atom. The molecule has 3 heterocycles. The molecule has 3 rings (SSSR count). The van der Waals surface area contributed by atoms with Crippen LogP contribution in [0.4, 0.5) is 10.5 Å². The van der Waals surface area contributed by atoms with E-state index in [1.165, 1.54) is 17.4 Å². The van der Waals surface area contributed by atoms with Gasteiger partial charge in [0.2, 0.25) is 0 Å². The van der Waals surface area contributed by atoms with Crippen LogP contribution in [0.25, 0.3) is 11.0 Å². The van der Waals surface area contributed by atoms with E-state index in [1.807, 2.05) is 27.0 Å². The highest BCUT2D eigenvalue weighted by atomic mass is 79.9. The molecule has 2 aromatic heterocycles. The molecular formula is C16H20BrN3O2. The van der Waals surface area contributed by atoms with Crippen LogP contribution in [-0.2, 0) is 4.74 Å². The second kappa shape index (κ2) is 5.57. The number of anilines is 1. The van der Waals surface area contributed by atoms with E-state index < -0.39 is 11.7 Å². The fraction of sp³-hybridized carbons (Fsp3) is 0.500. The van der Waals surface area contributed by atoms with Crippen molar-refractivity contribution in [3.63, 3.8) is 0 Å². The first kappa shape index (κ1) is 15.3. The molecule has 0 saturated carbocycles. The summed E-state index contributed by atoms with van der Waals surface area (Å²) in [5.41, 5.74) is 1.19. The minimum atomic E-state index is -0.532. The van der Waals surface area contributed by atoms with Crippen LogP contribution < -0.4 is 4.90 Å². The summed E-state index contributed by atoms with van der Waals surface area (Å²) in [5, 5.41) is 0.926. The highest BCUT2D eigenvalue weighted by molar-refractivity contribution is 9.10. The Hall–Kier alpha value is -1.56. The number of nitrogens with zero attached hydrogens (tertiary/aromatic N) is 3. The largest absolute Gasteiger partial charge is 0.443 e. The van der Waals surface area contributed by atoms with E-state index in [1.54, 1.807) is 6.20 Å². The van der Waals surface area contributed by atoms with Gasteiger partial charge in [-0.05, 0) is 55.6 Å². The molecule has 0 unspecified atom stereocenters. The van der Waals surface area contributed by atoms with Gasteiger partial charge in [-0.3, -0.25) is 0 Å². The van der Waals surface area contributed by atoms with E-state index in [-0.39, 0.29) is 0 Å². The Balaban J connectivity index is 1.98. The second-order valence-electron chi connectivity index (χ2n) is 6.59. The molecule has 0 aromatic carbocycles. The van der Waals surface area contributed by atoms with Gasteiger partial charge in [0, 0.05) is 29.1 Å². The molecule has 0 bridgehead atoms. The Kier molecular flexibility index (Phi) is 3.89. The summed E-state index contributed by atoms with van der Waals surface area (Å²) in [6.07, 6.45) is 5.58. The van der Waals surface area contributed by atoms with Gasteiger partial charge in [-0.2, -0.15) is 0 Å². The molecule has 0 spiro atoms. The quantitative estimate of drug-likeness (QED) is 0.760. The van der Waals surface area contributed by atoms with Crippen LogP contribution in [0.15, 0.2) is 22.9 Å². The summed E-state index contributed by atoms with van der Waals surface area (Å²) in [7, 11) is 0. The number of carbonyl (C=O) groups is 1. The lowest BCUT2D eigenvalue weighted by Crippen LogP contribution is -2.26. The first-order valence-electron chi connectivity index (χ1n) is 7.50. The van der Waals surface area contributed by atoms with E-state index in [4.69, 9.17) is 4.74 Å². The zero-order valence-corrected chi connectivity index (χ0v) is 14.7. The zero-order valence-electron chi connectivity index (χ0n) is 13.1. The van der Waals surface area contributed by atoms with Crippen LogP contribution in [-0.4, -0.2) is 34.3 Å². The van der Waals surface area contributed by atoms with E-state index in [0.29, 0.717) is 5.65 Å². The van der Waals surface area contributed by atoms with Crippen molar-refractivity contribution in [1.29, 1.82) is 0 Å². The van der Waals surface area contributed by atoms with E-state index >= 15 is 0 Å². The minimum Gasteiger partial charge on any atom is -0.443 e. The molecular weight excluding hydrogens is 346 g/mol. The number of hydrogen-bond acceptors (Lipinski definition) is 4. The van der Waals surface area contributed by atoms with E-state index in [0.717, 1.165) is 28.6 Å². The summed E-state index contributed by atoms with van der Waals surface area (Å²) in [6, 6.07) is 2.08. The van der Waals surface area contributed by atoms with Gasteiger partial charge >= 0.3 is 6.09 Å². The van der Waals surface area contributed by atoms with Gasteiger partial charge in [0.25, 0.3) is 0 Å².